The van der Waals surface area contributed by atoms with Crippen LogP contribution in [0.25, 0.3) is 0 Å². The zero-order valence-electron chi connectivity index (χ0n) is 9.04. The largest absolute Gasteiger partial charge is 0.384 e. The molecule has 0 bridgehead atoms. The average molecular weight is 268 g/mol. The van der Waals surface area contributed by atoms with Crippen LogP contribution in [0.4, 0.5) is 10.1 Å². The van der Waals surface area contributed by atoms with Gasteiger partial charge >= 0.3 is 0 Å². The van der Waals surface area contributed by atoms with Crippen molar-refractivity contribution in [3.8, 4) is 0 Å². The van der Waals surface area contributed by atoms with Crippen LogP contribution in [0.5, 0.6) is 0 Å². The topological polar surface area (TPSA) is 12.0 Å². The number of benzene rings is 1. The highest BCUT2D eigenvalue weighted by molar-refractivity contribution is 7.10. The van der Waals surface area contributed by atoms with Gasteiger partial charge in [-0.25, -0.2) is 4.39 Å². The van der Waals surface area contributed by atoms with E-state index in [0.717, 1.165) is 18.7 Å². The minimum Gasteiger partial charge on any atom is -0.384 e. The molecule has 1 atom stereocenters. The van der Waals surface area contributed by atoms with Gasteiger partial charge < -0.3 is 5.32 Å². The molecule has 17 heavy (non-hydrogen) atoms. The molecule has 0 spiro atoms. The van der Waals surface area contributed by atoms with Crippen molar-refractivity contribution in [3.63, 3.8) is 0 Å². The van der Waals surface area contributed by atoms with Crippen molar-refractivity contribution in [2.75, 3.05) is 11.9 Å². The van der Waals surface area contributed by atoms with Gasteiger partial charge in [0.25, 0.3) is 0 Å². The summed E-state index contributed by atoms with van der Waals surface area (Å²) in [6.45, 7) is 0.886. The quantitative estimate of drug-likeness (QED) is 0.849. The van der Waals surface area contributed by atoms with Crippen LogP contribution in [0.1, 0.15) is 22.2 Å². The predicted molar refractivity (Wildman–Crippen MR) is 70.9 cm³/mol. The van der Waals surface area contributed by atoms with Gasteiger partial charge in [0.05, 0.1) is 9.90 Å². The Hall–Kier alpha value is -1.06. The molecule has 1 N–H and O–H groups in total. The van der Waals surface area contributed by atoms with Crippen LogP contribution in [0, 0.1) is 0 Å². The molecule has 1 aromatic heterocycles. The van der Waals surface area contributed by atoms with Crippen LogP contribution in [0.3, 0.4) is 0 Å². The van der Waals surface area contributed by atoms with E-state index in [2.05, 4.69) is 5.32 Å². The number of para-hydroxylation sites is 1. The fourth-order valence-corrected chi connectivity index (χ4v) is 3.35. The van der Waals surface area contributed by atoms with Gasteiger partial charge in [0, 0.05) is 17.8 Å². The first-order valence-corrected chi connectivity index (χ1v) is 6.76. The number of thiophene rings is 1. The van der Waals surface area contributed by atoms with Crippen molar-refractivity contribution in [1.82, 2.24) is 0 Å². The van der Waals surface area contributed by atoms with Gasteiger partial charge in [-0.15, -0.1) is 11.3 Å². The molecule has 0 saturated carbocycles. The minimum absolute atomic E-state index is 0.512. The fraction of sp³-hybridized carbons (Fsp3) is 0.231. The summed E-state index contributed by atoms with van der Waals surface area (Å²) in [6, 6.07) is 7.53. The first-order valence-electron chi connectivity index (χ1n) is 5.50. The lowest BCUT2D eigenvalue weighted by Crippen LogP contribution is -1.99. The summed E-state index contributed by atoms with van der Waals surface area (Å²) in [5, 5.41) is 5.58. The molecule has 1 nitrogen and oxygen atoms in total. The normalized spacial score (nSPS) is 15.4. The fourth-order valence-electron chi connectivity index (χ4n) is 2.20. The Labute approximate surface area is 108 Å². The van der Waals surface area contributed by atoms with E-state index in [-0.39, 0.29) is 0 Å². The number of hydrogen-bond donors (Lipinski definition) is 1. The average Bonchev–Trinajstić information content (AvgIpc) is 2.95. The van der Waals surface area contributed by atoms with E-state index < -0.39 is 6.17 Å². The lowest BCUT2D eigenvalue weighted by molar-refractivity contribution is 0.409. The van der Waals surface area contributed by atoms with Gasteiger partial charge in [0.2, 0.25) is 0 Å². The molecule has 1 unspecified atom stereocenters. The molecule has 88 valence electrons. The molecule has 0 fully saturated rings. The van der Waals surface area contributed by atoms with Crippen molar-refractivity contribution < 1.29 is 4.39 Å². The number of rotatable bonds is 2. The van der Waals surface area contributed by atoms with E-state index in [1.165, 1.54) is 16.9 Å². The number of fused-ring (bicyclic) bond motifs is 1. The van der Waals surface area contributed by atoms with Gasteiger partial charge in [0.15, 0.2) is 6.17 Å². The van der Waals surface area contributed by atoms with Crippen molar-refractivity contribution in [1.29, 1.82) is 0 Å². The van der Waals surface area contributed by atoms with Gasteiger partial charge in [-0.1, -0.05) is 29.8 Å². The number of alkyl halides is 1. The Bertz CT molecular complexity index is 552. The molecule has 2 aromatic rings. The Kier molecular flexibility index (Phi) is 2.81. The summed E-state index contributed by atoms with van der Waals surface area (Å²) in [5.41, 5.74) is 2.84. The molecular formula is C13H11ClFNS. The second kappa shape index (κ2) is 4.31. The maximum atomic E-state index is 14.5. The highest BCUT2D eigenvalue weighted by Gasteiger charge is 2.23. The maximum absolute atomic E-state index is 14.5. The van der Waals surface area contributed by atoms with Crippen LogP contribution in [-0.4, -0.2) is 6.54 Å². The van der Waals surface area contributed by atoms with Gasteiger partial charge in [-0.3, -0.25) is 0 Å². The van der Waals surface area contributed by atoms with Crippen LogP contribution in [0.15, 0.2) is 29.6 Å². The summed E-state index contributed by atoms with van der Waals surface area (Å²) in [7, 11) is 0. The second-order valence-corrected chi connectivity index (χ2v) is 5.41. The summed E-state index contributed by atoms with van der Waals surface area (Å²) >= 11 is 7.35. The molecule has 1 aromatic carbocycles. The lowest BCUT2D eigenvalue weighted by atomic mass is 10.0. The summed E-state index contributed by atoms with van der Waals surface area (Å²) in [4.78, 5) is 0.591. The number of halogens is 2. The third kappa shape index (κ3) is 1.83. The van der Waals surface area contributed by atoms with E-state index in [1.54, 1.807) is 6.07 Å². The second-order valence-electron chi connectivity index (χ2n) is 4.05. The van der Waals surface area contributed by atoms with E-state index in [0.29, 0.717) is 15.5 Å². The monoisotopic (exact) mass is 267 g/mol. The molecule has 0 saturated heterocycles. The zero-order valence-corrected chi connectivity index (χ0v) is 10.6. The SMILES string of the molecule is FC(c1cccc2c1NCC2)c1sccc1Cl. The number of hydrogen-bond acceptors (Lipinski definition) is 2. The molecule has 1 aliphatic heterocycles. The van der Waals surface area contributed by atoms with E-state index in [4.69, 9.17) is 11.6 Å². The third-order valence-electron chi connectivity index (χ3n) is 3.03. The minimum atomic E-state index is -1.14. The molecule has 4 heteroatoms. The van der Waals surface area contributed by atoms with Crippen molar-refractivity contribution in [2.24, 2.45) is 0 Å². The number of nitrogens with one attached hydrogen (secondary N) is 1. The zero-order chi connectivity index (χ0) is 11.8. The summed E-state index contributed by atoms with van der Waals surface area (Å²) < 4.78 is 14.5. The molecule has 3 rings (SSSR count). The van der Waals surface area contributed by atoms with Crippen LogP contribution in [-0.2, 0) is 6.42 Å². The van der Waals surface area contributed by atoms with E-state index in [1.807, 2.05) is 23.6 Å². The van der Waals surface area contributed by atoms with Gasteiger partial charge in [-0.05, 0) is 23.4 Å². The van der Waals surface area contributed by atoms with Gasteiger partial charge in [-0.2, -0.15) is 0 Å². The van der Waals surface area contributed by atoms with Crippen molar-refractivity contribution in [3.05, 3.63) is 50.7 Å². The maximum Gasteiger partial charge on any atom is 0.163 e. The van der Waals surface area contributed by atoms with Crippen LogP contribution in [0.2, 0.25) is 5.02 Å². The molecule has 0 amide bonds. The van der Waals surface area contributed by atoms with Crippen molar-refractivity contribution >= 4 is 28.6 Å². The molecule has 0 radical (unpaired) electrons. The Morgan fingerprint density at radius 3 is 3.00 bits per heavy atom. The standard InChI is InChI=1S/C13H11ClFNS/c14-10-5-7-17-13(10)11(15)9-3-1-2-8-4-6-16-12(8)9/h1-3,5,7,11,16H,4,6H2. The van der Waals surface area contributed by atoms with Crippen LogP contribution >= 0.6 is 22.9 Å². The van der Waals surface area contributed by atoms with Crippen LogP contribution < -0.4 is 5.32 Å². The molecule has 0 aliphatic carbocycles. The van der Waals surface area contributed by atoms with Gasteiger partial charge in [0.1, 0.15) is 0 Å². The Balaban J connectivity index is 2.05. The molecule has 1 aliphatic rings. The lowest BCUT2D eigenvalue weighted by Gasteiger charge is -2.12. The predicted octanol–water partition coefficient (Wildman–Crippen LogP) is 4.43. The van der Waals surface area contributed by atoms with E-state index in [9.17, 15) is 4.39 Å². The smallest absolute Gasteiger partial charge is 0.163 e. The first-order chi connectivity index (χ1) is 8.27. The first kappa shape index (κ1) is 11.1. The van der Waals surface area contributed by atoms with Crippen molar-refractivity contribution in [2.45, 2.75) is 12.6 Å². The third-order valence-corrected chi connectivity index (χ3v) is 4.42. The molecule has 2 heterocycles. The number of anilines is 1. The van der Waals surface area contributed by atoms with E-state index >= 15 is 0 Å². The highest BCUT2D eigenvalue weighted by atomic mass is 35.5. The Morgan fingerprint density at radius 1 is 1.35 bits per heavy atom. The summed E-state index contributed by atoms with van der Waals surface area (Å²) in [5.74, 6) is 0. The highest BCUT2D eigenvalue weighted by Crippen LogP contribution is 2.40. The Morgan fingerprint density at radius 2 is 2.24 bits per heavy atom. The summed E-state index contributed by atoms with van der Waals surface area (Å²) in [6.07, 6.45) is -0.170. The molecular weight excluding hydrogens is 257 g/mol.